The van der Waals surface area contributed by atoms with Crippen LogP contribution in [0.4, 0.5) is 0 Å². The van der Waals surface area contributed by atoms with E-state index in [0.29, 0.717) is 6.42 Å². The van der Waals surface area contributed by atoms with Crippen molar-refractivity contribution >= 4 is 5.78 Å². The lowest BCUT2D eigenvalue weighted by Gasteiger charge is -2.05. The molecule has 1 nitrogen and oxygen atoms in total. The molecule has 0 bridgehead atoms. The molecule has 0 saturated carbocycles. The summed E-state index contributed by atoms with van der Waals surface area (Å²) >= 11 is 0. The Morgan fingerprint density at radius 3 is 1.45 bits per heavy atom. The van der Waals surface area contributed by atoms with E-state index >= 15 is 0 Å². The van der Waals surface area contributed by atoms with Crippen molar-refractivity contribution in [2.24, 2.45) is 5.92 Å². The first-order chi connectivity index (χ1) is 13.7. The van der Waals surface area contributed by atoms with Crippen molar-refractivity contribution in [1.82, 2.24) is 0 Å². The highest BCUT2D eigenvalue weighted by molar-refractivity contribution is 5.75. The molecular formula is C28H48O. The van der Waals surface area contributed by atoms with E-state index in [4.69, 9.17) is 0 Å². The molecule has 0 saturated heterocycles. The molecule has 0 unspecified atom stereocenters. The third-order valence-corrected chi connectivity index (χ3v) is 5.44. The number of hydrogen-bond acceptors (Lipinski definition) is 1. The Balaban J connectivity index is 4.00. The quantitative estimate of drug-likeness (QED) is 0.186. The zero-order valence-electron chi connectivity index (χ0n) is 20.6. The number of hydrogen-bond donors (Lipinski definition) is 0. The highest BCUT2D eigenvalue weighted by Gasteiger charge is 1.97. The van der Waals surface area contributed by atoms with Gasteiger partial charge in [-0.05, 0) is 98.3 Å². The molecule has 0 rings (SSSR count). The molecule has 0 atom stereocenters. The Morgan fingerprint density at radius 2 is 1.00 bits per heavy atom. The topological polar surface area (TPSA) is 17.1 Å². The van der Waals surface area contributed by atoms with Crippen molar-refractivity contribution in [3.63, 3.8) is 0 Å². The van der Waals surface area contributed by atoms with E-state index in [-0.39, 0.29) is 5.78 Å². The van der Waals surface area contributed by atoms with E-state index in [9.17, 15) is 4.79 Å². The first-order valence-electron chi connectivity index (χ1n) is 11.8. The molecule has 166 valence electrons. The average molecular weight is 401 g/mol. The Bertz CT molecular complexity index is 569. The second kappa shape index (κ2) is 17.5. The standard InChI is InChI=1S/C28H48O/c1-23(2)13-10-16-26(5)19-11-17-24(3)14-8-9-15-25(4)18-12-20-27(6)21-22-28(7)29/h14-15,19-20,23H,8-13,16-18,21-22H2,1-7H3. The van der Waals surface area contributed by atoms with E-state index in [1.54, 1.807) is 12.5 Å². The summed E-state index contributed by atoms with van der Waals surface area (Å²) in [6.45, 7) is 15.2. The van der Waals surface area contributed by atoms with Gasteiger partial charge in [-0.15, -0.1) is 0 Å². The Hall–Kier alpha value is -1.37. The summed E-state index contributed by atoms with van der Waals surface area (Å²) in [5.41, 5.74) is 5.90. The van der Waals surface area contributed by atoms with Gasteiger partial charge in [0, 0.05) is 6.42 Å². The molecule has 0 radical (unpaired) electrons. The summed E-state index contributed by atoms with van der Waals surface area (Å²) in [5.74, 6) is 1.11. The fourth-order valence-corrected chi connectivity index (χ4v) is 3.32. The number of ketones is 1. The van der Waals surface area contributed by atoms with Crippen LogP contribution in [0.25, 0.3) is 0 Å². The first-order valence-corrected chi connectivity index (χ1v) is 11.8. The third-order valence-electron chi connectivity index (χ3n) is 5.44. The van der Waals surface area contributed by atoms with Gasteiger partial charge in [0.2, 0.25) is 0 Å². The molecule has 0 aromatic rings. The van der Waals surface area contributed by atoms with Crippen LogP contribution in [0.2, 0.25) is 0 Å². The van der Waals surface area contributed by atoms with E-state index in [0.717, 1.165) is 38.0 Å². The van der Waals surface area contributed by atoms with Gasteiger partial charge < -0.3 is 4.79 Å². The molecular weight excluding hydrogens is 352 g/mol. The minimum absolute atomic E-state index is 0.282. The summed E-state index contributed by atoms with van der Waals surface area (Å²) < 4.78 is 0. The number of carbonyl (C=O) groups is 1. The molecule has 0 aliphatic rings. The normalized spacial score (nSPS) is 14.1. The highest BCUT2D eigenvalue weighted by Crippen LogP contribution is 2.15. The summed E-state index contributed by atoms with van der Waals surface area (Å²) in [5, 5.41) is 0. The van der Waals surface area contributed by atoms with Gasteiger partial charge in [0.1, 0.15) is 5.78 Å². The smallest absolute Gasteiger partial charge is 0.130 e. The molecule has 0 N–H and O–H groups in total. The maximum Gasteiger partial charge on any atom is 0.130 e. The minimum Gasteiger partial charge on any atom is -0.300 e. The molecule has 0 heterocycles. The van der Waals surface area contributed by atoms with E-state index in [1.165, 1.54) is 48.8 Å². The number of rotatable bonds is 16. The summed E-state index contributed by atoms with van der Waals surface area (Å²) in [6.07, 6.45) is 21.9. The second-order valence-electron chi connectivity index (χ2n) is 9.34. The van der Waals surface area contributed by atoms with Crippen molar-refractivity contribution in [3.8, 4) is 0 Å². The van der Waals surface area contributed by atoms with Gasteiger partial charge in [0.15, 0.2) is 0 Å². The van der Waals surface area contributed by atoms with Crippen LogP contribution in [0.5, 0.6) is 0 Å². The fraction of sp³-hybridized carbons (Fsp3) is 0.679. The summed E-state index contributed by atoms with van der Waals surface area (Å²) in [7, 11) is 0. The van der Waals surface area contributed by atoms with Gasteiger partial charge in [0.05, 0.1) is 0 Å². The lowest BCUT2D eigenvalue weighted by molar-refractivity contribution is -0.116. The lowest BCUT2D eigenvalue weighted by Crippen LogP contribution is -1.90. The number of unbranched alkanes of at least 4 members (excludes halogenated alkanes) is 1. The highest BCUT2D eigenvalue weighted by atomic mass is 16.1. The molecule has 1 heteroatoms. The van der Waals surface area contributed by atoms with Crippen molar-refractivity contribution in [2.75, 3.05) is 0 Å². The molecule has 0 aliphatic carbocycles. The minimum atomic E-state index is 0.282. The molecule has 0 aromatic carbocycles. The third kappa shape index (κ3) is 19.7. The van der Waals surface area contributed by atoms with Gasteiger partial charge in [-0.25, -0.2) is 0 Å². The zero-order valence-corrected chi connectivity index (χ0v) is 20.6. The number of allylic oxidation sites excluding steroid dienone is 8. The Morgan fingerprint density at radius 1 is 0.586 bits per heavy atom. The predicted octanol–water partition coefficient (Wildman–Crippen LogP) is 9.31. The van der Waals surface area contributed by atoms with Gasteiger partial charge in [-0.1, -0.05) is 66.9 Å². The van der Waals surface area contributed by atoms with Crippen LogP contribution in [-0.2, 0) is 4.79 Å². The Labute approximate surface area is 182 Å². The van der Waals surface area contributed by atoms with Gasteiger partial charge >= 0.3 is 0 Å². The van der Waals surface area contributed by atoms with Crippen LogP contribution in [0.3, 0.4) is 0 Å². The maximum absolute atomic E-state index is 11.0. The van der Waals surface area contributed by atoms with Crippen molar-refractivity contribution in [1.29, 1.82) is 0 Å². The van der Waals surface area contributed by atoms with Crippen molar-refractivity contribution in [3.05, 3.63) is 46.6 Å². The number of Topliss-reactive ketones (excluding diaryl/α,β-unsaturated/α-hetero) is 1. The van der Waals surface area contributed by atoms with Gasteiger partial charge in [-0.2, -0.15) is 0 Å². The van der Waals surface area contributed by atoms with Crippen LogP contribution < -0.4 is 0 Å². The van der Waals surface area contributed by atoms with Crippen molar-refractivity contribution in [2.45, 2.75) is 119 Å². The van der Waals surface area contributed by atoms with E-state index in [1.807, 2.05) is 0 Å². The summed E-state index contributed by atoms with van der Waals surface area (Å²) in [4.78, 5) is 11.0. The SMILES string of the molecule is CC(=O)CCC(C)=CCCC(C)=CCCC=C(C)CCC=C(C)CCCC(C)C. The molecule has 0 aromatic heterocycles. The van der Waals surface area contributed by atoms with Gasteiger partial charge in [0.25, 0.3) is 0 Å². The average Bonchev–Trinajstić information content (AvgIpc) is 2.63. The molecule has 0 fully saturated rings. The molecule has 0 spiro atoms. The van der Waals surface area contributed by atoms with Crippen LogP contribution in [0.1, 0.15) is 119 Å². The lowest BCUT2D eigenvalue weighted by atomic mass is 10.0. The van der Waals surface area contributed by atoms with E-state index < -0.39 is 0 Å². The van der Waals surface area contributed by atoms with Crippen molar-refractivity contribution < 1.29 is 4.79 Å². The monoisotopic (exact) mass is 400 g/mol. The van der Waals surface area contributed by atoms with Crippen LogP contribution in [0.15, 0.2) is 46.6 Å². The Kier molecular flexibility index (Phi) is 16.7. The zero-order chi connectivity index (χ0) is 22.1. The van der Waals surface area contributed by atoms with Crippen LogP contribution >= 0.6 is 0 Å². The van der Waals surface area contributed by atoms with E-state index in [2.05, 4.69) is 65.8 Å². The molecule has 0 aliphatic heterocycles. The molecule has 0 amide bonds. The first kappa shape index (κ1) is 27.6. The van der Waals surface area contributed by atoms with Gasteiger partial charge in [-0.3, -0.25) is 0 Å². The van der Waals surface area contributed by atoms with Crippen LogP contribution in [0, 0.1) is 5.92 Å². The second-order valence-corrected chi connectivity index (χ2v) is 9.34. The number of carbonyl (C=O) groups excluding carboxylic acids is 1. The maximum atomic E-state index is 11.0. The molecule has 29 heavy (non-hydrogen) atoms. The largest absolute Gasteiger partial charge is 0.300 e. The summed E-state index contributed by atoms with van der Waals surface area (Å²) in [6, 6.07) is 0. The van der Waals surface area contributed by atoms with Crippen LogP contribution in [-0.4, -0.2) is 5.78 Å². The fourth-order valence-electron chi connectivity index (χ4n) is 3.32. The predicted molar refractivity (Wildman–Crippen MR) is 131 cm³/mol.